The van der Waals surface area contributed by atoms with Gasteiger partial charge in [0.1, 0.15) is 17.6 Å². The van der Waals surface area contributed by atoms with Crippen LogP contribution in [0.15, 0.2) is 41.3 Å². The molecule has 1 aliphatic heterocycles. The molecule has 1 N–H and O–H groups in total. The van der Waals surface area contributed by atoms with Crippen molar-refractivity contribution < 1.29 is 24.2 Å². The summed E-state index contributed by atoms with van der Waals surface area (Å²) in [4.78, 5) is 26.1. The predicted molar refractivity (Wildman–Crippen MR) is 106 cm³/mol. The highest BCUT2D eigenvalue weighted by Gasteiger charge is 2.58. The highest BCUT2D eigenvalue weighted by Crippen LogP contribution is 2.52. The molecule has 28 heavy (non-hydrogen) atoms. The van der Waals surface area contributed by atoms with Crippen molar-refractivity contribution in [3.63, 3.8) is 0 Å². The van der Waals surface area contributed by atoms with Crippen LogP contribution in [-0.4, -0.2) is 41.9 Å². The number of rotatable bonds is 4. The van der Waals surface area contributed by atoms with Crippen LogP contribution in [0.4, 0.5) is 0 Å². The van der Waals surface area contributed by atoms with Crippen LogP contribution in [0.25, 0.3) is 0 Å². The van der Waals surface area contributed by atoms with Crippen molar-refractivity contribution in [1.29, 1.82) is 0 Å². The quantitative estimate of drug-likeness (QED) is 0.474. The van der Waals surface area contributed by atoms with E-state index in [0.717, 1.165) is 16.2 Å². The lowest BCUT2D eigenvalue weighted by Crippen LogP contribution is -2.38. The van der Waals surface area contributed by atoms with Gasteiger partial charge in [0, 0.05) is 34.8 Å². The Morgan fingerprint density at radius 2 is 2.00 bits per heavy atom. The number of carbonyl (C=O) groups is 2. The number of aliphatic hydroxyl groups excluding tert-OH is 1. The second-order valence-electron chi connectivity index (χ2n) is 8.12. The highest BCUT2D eigenvalue weighted by molar-refractivity contribution is 7.99. The monoisotopic (exact) mass is 402 g/mol. The van der Waals surface area contributed by atoms with Crippen molar-refractivity contribution >= 4 is 23.5 Å². The number of para-hydroxylation sites is 1. The van der Waals surface area contributed by atoms with Gasteiger partial charge in [0.05, 0.1) is 19.1 Å². The molecule has 3 aliphatic rings. The molecule has 2 saturated carbocycles. The van der Waals surface area contributed by atoms with Crippen LogP contribution in [0.2, 0.25) is 0 Å². The Kier molecular flexibility index (Phi) is 5.27. The zero-order chi connectivity index (χ0) is 20.0. The first kappa shape index (κ1) is 19.5. The molecule has 0 unspecified atom stereocenters. The number of carbonyl (C=O) groups excluding carboxylic acids is 2. The van der Waals surface area contributed by atoms with Crippen LogP contribution in [-0.2, 0) is 14.3 Å². The highest BCUT2D eigenvalue weighted by atomic mass is 32.2. The maximum Gasteiger partial charge on any atom is 0.310 e. The average Bonchev–Trinajstić information content (AvgIpc) is 3.13. The molecule has 0 amide bonds. The molecule has 7 atom stereocenters. The first-order chi connectivity index (χ1) is 13.4. The van der Waals surface area contributed by atoms with Crippen molar-refractivity contribution in [2.45, 2.75) is 36.9 Å². The fourth-order valence-corrected chi connectivity index (χ4v) is 6.38. The molecule has 6 heteroatoms. The Morgan fingerprint density at radius 1 is 1.25 bits per heavy atom. The second-order valence-corrected chi connectivity index (χ2v) is 9.18. The minimum absolute atomic E-state index is 0.000528. The molecule has 0 spiro atoms. The number of fused-ring (bicyclic) bond motifs is 3. The molecular weight excluding hydrogens is 376 g/mol. The maximum absolute atomic E-state index is 12.7. The lowest BCUT2D eigenvalue weighted by Gasteiger charge is -2.29. The molecule has 5 nitrogen and oxygen atoms in total. The van der Waals surface area contributed by atoms with Crippen molar-refractivity contribution in [2.75, 3.05) is 12.9 Å². The molecule has 2 aliphatic carbocycles. The van der Waals surface area contributed by atoms with Crippen LogP contribution in [0, 0.1) is 29.6 Å². The van der Waals surface area contributed by atoms with Crippen molar-refractivity contribution in [2.24, 2.45) is 29.6 Å². The van der Waals surface area contributed by atoms with Crippen LogP contribution in [0.5, 0.6) is 5.75 Å². The third-order valence-corrected chi connectivity index (χ3v) is 7.85. The van der Waals surface area contributed by atoms with Gasteiger partial charge in [-0.15, -0.1) is 11.8 Å². The summed E-state index contributed by atoms with van der Waals surface area (Å²) in [6.07, 6.45) is -0.232. The number of thioether (sulfide) groups is 1. The number of benzene rings is 1. The molecule has 0 aromatic heterocycles. The molecule has 0 bridgehead atoms. The Bertz CT molecular complexity index is 806. The minimum atomic E-state index is -0.680. The van der Waals surface area contributed by atoms with E-state index >= 15 is 0 Å². The number of ketones is 1. The third-order valence-electron chi connectivity index (χ3n) is 6.68. The van der Waals surface area contributed by atoms with Crippen molar-refractivity contribution in [3.05, 3.63) is 36.4 Å². The summed E-state index contributed by atoms with van der Waals surface area (Å²) in [6.45, 7) is 6.07. The van der Waals surface area contributed by atoms with E-state index < -0.39 is 18.1 Å². The molecule has 0 radical (unpaired) electrons. The number of methoxy groups -OCH3 is 1. The molecular formula is C22H26O5S. The van der Waals surface area contributed by atoms with Crippen LogP contribution in [0.1, 0.15) is 19.8 Å². The SMILES string of the molecule is C=C1C[C@H](O)[C@@H]2[C@@H](OC(=O)[C@H]2CSc2ccccc2OC)[C@H]2[C@H](C)C(=O)C[C@@H]12. The molecule has 150 valence electrons. The van der Waals surface area contributed by atoms with Gasteiger partial charge >= 0.3 is 5.97 Å². The summed E-state index contributed by atoms with van der Waals surface area (Å²) in [5.74, 6) is 0.229. The van der Waals surface area contributed by atoms with Gasteiger partial charge in [-0.3, -0.25) is 9.59 Å². The van der Waals surface area contributed by atoms with E-state index in [-0.39, 0.29) is 35.4 Å². The predicted octanol–water partition coefficient (Wildman–Crippen LogP) is 3.11. The molecule has 1 heterocycles. The molecule has 4 rings (SSSR count). The Hall–Kier alpha value is -1.79. The first-order valence-corrected chi connectivity index (χ1v) is 10.8. The molecule has 1 saturated heterocycles. The minimum Gasteiger partial charge on any atom is -0.496 e. The lowest BCUT2D eigenvalue weighted by molar-refractivity contribution is -0.146. The summed E-state index contributed by atoms with van der Waals surface area (Å²) in [5.41, 5.74) is 0.914. The van der Waals surface area contributed by atoms with Gasteiger partial charge in [-0.2, -0.15) is 0 Å². The van der Waals surface area contributed by atoms with Gasteiger partial charge < -0.3 is 14.6 Å². The van der Waals surface area contributed by atoms with Crippen molar-refractivity contribution in [3.8, 4) is 5.75 Å². The third kappa shape index (κ3) is 3.16. The normalized spacial score (nSPS) is 37.2. The number of aliphatic hydroxyl groups is 1. The molecule has 1 aromatic carbocycles. The second kappa shape index (κ2) is 7.56. The smallest absolute Gasteiger partial charge is 0.310 e. The topological polar surface area (TPSA) is 72.8 Å². The number of hydrogen-bond acceptors (Lipinski definition) is 6. The number of hydrogen-bond donors (Lipinski definition) is 1. The van der Waals surface area contributed by atoms with E-state index in [2.05, 4.69) is 6.58 Å². The van der Waals surface area contributed by atoms with Crippen LogP contribution < -0.4 is 4.74 Å². The van der Waals surface area contributed by atoms with E-state index in [4.69, 9.17) is 9.47 Å². The maximum atomic E-state index is 12.7. The van der Waals surface area contributed by atoms with E-state index in [9.17, 15) is 14.7 Å². The Labute approximate surface area is 169 Å². The van der Waals surface area contributed by atoms with Gasteiger partial charge in [-0.25, -0.2) is 0 Å². The Balaban J connectivity index is 1.59. The standard InChI is InChI=1S/C22H26O5S/c1-11-8-16(24)20-14(10-28-18-7-5-4-6-17(18)26-3)22(25)27-21(20)19-12(2)15(23)9-13(11)19/h4-7,12-14,16,19-21,24H,1,8-10H2,2-3H3/t12-,13+,14+,16+,19+,20-,21+/m1/s1. The number of Topliss-reactive ketones (excluding diaryl/α,β-unsaturated/α-hetero) is 1. The fourth-order valence-electron chi connectivity index (χ4n) is 5.19. The molecule has 1 aromatic rings. The summed E-state index contributed by atoms with van der Waals surface area (Å²) >= 11 is 1.54. The summed E-state index contributed by atoms with van der Waals surface area (Å²) < 4.78 is 11.2. The van der Waals surface area contributed by atoms with Crippen LogP contribution >= 0.6 is 11.8 Å². The van der Waals surface area contributed by atoms with Gasteiger partial charge in [0.15, 0.2) is 0 Å². The van der Waals surface area contributed by atoms with E-state index in [0.29, 0.717) is 18.6 Å². The molecule has 3 fully saturated rings. The zero-order valence-electron chi connectivity index (χ0n) is 16.2. The van der Waals surface area contributed by atoms with E-state index in [1.165, 1.54) is 11.8 Å². The fraction of sp³-hybridized carbons (Fsp3) is 0.545. The van der Waals surface area contributed by atoms with Gasteiger partial charge in [-0.05, 0) is 24.5 Å². The Morgan fingerprint density at radius 3 is 2.75 bits per heavy atom. The first-order valence-electron chi connectivity index (χ1n) is 9.77. The lowest BCUT2D eigenvalue weighted by atomic mass is 9.77. The van der Waals surface area contributed by atoms with Gasteiger partial charge in [0.25, 0.3) is 0 Å². The summed E-state index contributed by atoms with van der Waals surface area (Å²) in [6, 6.07) is 7.68. The largest absolute Gasteiger partial charge is 0.496 e. The summed E-state index contributed by atoms with van der Waals surface area (Å²) in [5, 5.41) is 10.9. The number of ether oxygens (including phenoxy) is 2. The zero-order valence-corrected chi connectivity index (χ0v) is 17.0. The summed E-state index contributed by atoms with van der Waals surface area (Å²) in [7, 11) is 1.62. The van der Waals surface area contributed by atoms with Crippen molar-refractivity contribution in [1.82, 2.24) is 0 Å². The van der Waals surface area contributed by atoms with E-state index in [1.807, 2.05) is 31.2 Å². The van der Waals surface area contributed by atoms with Gasteiger partial charge in [0.2, 0.25) is 0 Å². The number of esters is 1. The average molecular weight is 403 g/mol. The van der Waals surface area contributed by atoms with Crippen LogP contribution in [0.3, 0.4) is 0 Å². The van der Waals surface area contributed by atoms with E-state index in [1.54, 1.807) is 7.11 Å². The van der Waals surface area contributed by atoms with Gasteiger partial charge in [-0.1, -0.05) is 31.2 Å².